The lowest BCUT2D eigenvalue weighted by Crippen LogP contribution is -2.49. The fourth-order valence-electron chi connectivity index (χ4n) is 4.63. The zero-order valence-corrected chi connectivity index (χ0v) is 19.7. The predicted molar refractivity (Wildman–Crippen MR) is 127 cm³/mol. The first-order chi connectivity index (χ1) is 16.1. The monoisotopic (exact) mass is 487 g/mol. The molecule has 3 aromatic rings. The van der Waals surface area contributed by atoms with Gasteiger partial charge in [-0.3, -0.25) is 14.8 Å². The number of aromatic nitrogens is 3. The molecular formula is C24H27ClFN5O3. The van der Waals surface area contributed by atoms with Gasteiger partial charge in [-0.15, -0.1) is 0 Å². The molecule has 1 saturated heterocycles. The highest BCUT2D eigenvalue weighted by molar-refractivity contribution is 6.30. The lowest BCUT2D eigenvalue weighted by atomic mass is 9.72. The Morgan fingerprint density at radius 2 is 2.18 bits per heavy atom. The molecule has 0 unspecified atom stereocenters. The number of rotatable bonds is 7. The van der Waals surface area contributed by atoms with E-state index in [0.29, 0.717) is 48.8 Å². The lowest BCUT2D eigenvalue weighted by molar-refractivity contribution is -0.153. The second-order valence-electron chi connectivity index (χ2n) is 9.00. The van der Waals surface area contributed by atoms with E-state index in [4.69, 9.17) is 11.6 Å². The number of carbonyl (C=O) groups is 1. The molecule has 0 bridgehead atoms. The molecule has 10 heteroatoms. The average Bonchev–Trinajstić information content (AvgIpc) is 3.17. The van der Waals surface area contributed by atoms with Crippen molar-refractivity contribution in [3.8, 4) is 5.75 Å². The molecule has 8 nitrogen and oxygen atoms in total. The standard InChI is InChI=1S/C24H27ClFN5O3/c1-14-8-21(30-29-14)28-20-10-18(32)9-17(27-20)12-24(23(33)34)6-7-31(15(2)11-24)13-16-4-3-5-19(25)22(16)26/h3-5,8-10,15H,6-7,11-13H2,1-2H3,(H,33,34)(H3,27,28,29,30,32)/t15-,24-/m1/s1. The van der Waals surface area contributed by atoms with Crippen LogP contribution < -0.4 is 5.32 Å². The number of nitrogens with zero attached hydrogens (tertiary/aromatic N) is 3. The summed E-state index contributed by atoms with van der Waals surface area (Å²) in [6, 6.07) is 9.56. The minimum absolute atomic E-state index is 0.00816. The lowest BCUT2D eigenvalue weighted by Gasteiger charge is -2.43. The van der Waals surface area contributed by atoms with E-state index >= 15 is 0 Å². The number of hydrogen-bond acceptors (Lipinski definition) is 6. The number of aromatic hydroxyl groups is 1. The van der Waals surface area contributed by atoms with Crippen LogP contribution in [0.5, 0.6) is 5.75 Å². The number of nitrogens with one attached hydrogen (secondary N) is 2. The number of benzene rings is 1. The number of aliphatic carboxylic acids is 1. The zero-order valence-electron chi connectivity index (χ0n) is 19.0. The van der Waals surface area contributed by atoms with Gasteiger partial charge < -0.3 is 15.5 Å². The highest BCUT2D eigenvalue weighted by atomic mass is 35.5. The molecule has 0 aliphatic carbocycles. The Morgan fingerprint density at radius 3 is 2.85 bits per heavy atom. The van der Waals surface area contributed by atoms with Gasteiger partial charge in [0, 0.05) is 48.5 Å². The van der Waals surface area contributed by atoms with E-state index < -0.39 is 17.2 Å². The summed E-state index contributed by atoms with van der Waals surface area (Å²) in [4.78, 5) is 19.0. The van der Waals surface area contributed by atoms with Crippen molar-refractivity contribution >= 4 is 29.2 Å². The summed E-state index contributed by atoms with van der Waals surface area (Å²) in [7, 11) is 0. The van der Waals surface area contributed by atoms with Gasteiger partial charge in [0.2, 0.25) is 0 Å². The van der Waals surface area contributed by atoms with Crippen molar-refractivity contribution in [1.82, 2.24) is 20.1 Å². The summed E-state index contributed by atoms with van der Waals surface area (Å²) in [5.74, 6) is -0.350. The van der Waals surface area contributed by atoms with E-state index in [0.717, 1.165) is 5.69 Å². The third-order valence-electron chi connectivity index (χ3n) is 6.40. The molecule has 1 aliphatic rings. The van der Waals surface area contributed by atoms with Crippen molar-refractivity contribution < 1.29 is 19.4 Å². The molecule has 1 aliphatic heterocycles. The van der Waals surface area contributed by atoms with E-state index in [1.165, 1.54) is 18.2 Å². The van der Waals surface area contributed by atoms with Gasteiger partial charge in [0.25, 0.3) is 0 Å². The van der Waals surface area contributed by atoms with E-state index in [2.05, 4.69) is 25.4 Å². The fourth-order valence-corrected chi connectivity index (χ4v) is 4.82. The number of carboxylic acids is 1. The molecule has 4 rings (SSSR count). The quantitative estimate of drug-likeness (QED) is 0.383. The molecule has 34 heavy (non-hydrogen) atoms. The van der Waals surface area contributed by atoms with Gasteiger partial charge in [0.1, 0.15) is 23.2 Å². The maximum absolute atomic E-state index is 14.4. The van der Waals surface area contributed by atoms with Crippen LogP contribution in [0.15, 0.2) is 36.4 Å². The van der Waals surface area contributed by atoms with Crippen LogP contribution in [0.2, 0.25) is 5.02 Å². The molecule has 4 N–H and O–H groups in total. The molecule has 2 aromatic heterocycles. The van der Waals surface area contributed by atoms with Gasteiger partial charge in [-0.25, -0.2) is 9.37 Å². The Hall–Kier alpha value is -3.17. The van der Waals surface area contributed by atoms with Crippen LogP contribution in [-0.2, 0) is 17.8 Å². The van der Waals surface area contributed by atoms with Gasteiger partial charge in [0.15, 0.2) is 0 Å². The number of pyridine rings is 1. The van der Waals surface area contributed by atoms with Crippen LogP contribution in [0.1, 0.15) is 36.7 Å². The van der Waals surface area contributed by atoms with Gasteiger partial charge in [-0.05, 0) is 39.3 Å². The zero-order chi connectivity index (χ0) is 24.5. The van der Waals surface area contributed by atoms with E-state index in [1.54, 1.807) is 18.2 Å². The van der Waals surface area contributed by atoms with Crippen LogP contribution >= 0.6 is 11.6 Å². The molecule has 180 valence electrons. The fraction of sp³-hybridized carbons (Fsp3) is 0.375. The molecule has 0 radical (unpaired) electrons. The minimum Gasteiger partial charge on any atom is -0.508 e. The summed E-state index contributed by atoms with van der Waals surface area (Å²) in [5, 5.41) is 30.4. The number of halogens is 2. The average molecular weight is 488 g/mol. The number of hydrogen-bond donors (Lipinski definition) is 4. The molecule has 2 atom stereocenters. The number of aryl methyl sites for hydroxylation is 1. The van der Waals surface area contributed by atoms with Crippen LogP contribution in [0.4, 0.5) is 16.0 Å². The second kappa shape index (κ2) is 9.60. The number of likely N-dealkylation sites (tertiary alicyclic amines) is 1. The minimum atomic E-state index is -1.05. The van der Waals surface area contributed by atoms with E-state index in [9.17, 15) is 19.4 Å². The molecule has 1 fully saturated rings. The highest BCUT2D eigenvalue weighted by Crippen LogP contribution is 2.39. The summed E-state index contributed by atoms with van der Waals surface area (Å²) in [6.07, 6.45) is 0.899. The molecule has 0 saturated carbocycles. The Bertz CT molecular complexity index is 1200. The molecule has 3 heterocycles. The number of carboxylic acid groups (broad SMARTS) is 1. The summed E-state index contributed by atoms with van der Waals surface area (Å²) in [6.45, 7) is 4.62. The first-order valence-electron chi connectivity index (χ1n) is 11.0. The smallest absolute Gasteiger partial charge is 0.310 e. The number of H-pyrrole nitrogens is 1. The van der Waals surface area contributed by atoms with Crippen molar-refractivity contribution in [3.05, 3.63) is 64.2 Å². The maximum atomic E-state index is 14.4. The molecular weight excluding hydrogens is 461 g/mol. The van der Waals surface area contributed by atoms with Crippen LogP contribution in [0, 0.1) is 18.2 Å². The van der Waals surface area contributed by atoms with E-state index in [-0.39, 0.29) is 23.2 Å². The third kappa shape index (κ3) is 5.15. The molecule has 0 amide bonds. The normalized spacial score (nSPS) is 20.9. The van der Waals surface area contributed by atoms with E-state index in [1.807, 2.05) is 13.8 Å². The van der Waals surface area contributed by atoms with Crippen LogP contribution in [-0.4, -0.2) is 48.9 Å². The number of piperidine rings is 1. The number of aromatic amines is 1. The van der Waals surface area contributed by atoms with Crippen molar-refractivity contribution in [2.75, 3.05) is 11.9 Å². The topological polar surface area (TPSA) is 114 Å². The molecule has 1 aromatic carbocycles. The Labute approximate surface area is 201 Å². The predicted octanol–water partition coefficient (Wildman–Crippen LogP) is 4.65. The Morgan fingerprint density at radius 1 is 1.38 bits per heavy atom. The second-order valence-corrected chi connectivity index (χ2v) is 9.41. The Kier molecular flexibility index (Phi) is 6.77. The number of anilines is 2. The first-order valence-corrected chi connectivity index (χ1v) is 11.4. The van der Waals surface area contributed by atoms with Gasteiger partial charge in [0.05, 0.1) is 16.1 Å². The van der Waals surface area contributed by atoms with Gasteiger partial charge >= 0.3 is 5.97 Å². The molecule has 0 spiro atoms. The summed E-state index contributed by atoms with van der Waals surface area (Å²) < 4.78 is 14.4. The largest absolute Gasteiger partial charge is 0.508 e. The summed E-state index contributed by atoms with van der Waals surface area (Å²) in [5.41, 5.74) is 0.709. The van der Waals surface area contributed by atoms with Crippen molar-refractivity contribution in [2.24, 2.45) is 5.41 Å². The SMILES string of the molecule is Cc1cc(Nc2cc(O)cc(C[C@@]3(C(=O)O)CCN(Cc4cccc(Cl)c4F)[C@H](C)C3)n2)[nH]n1. The van der Waals surface area contributed by atoms with Crippen LogP contribution in [0.3, 0.4) is 0 Å². The van der Waals surface area contributed by atoms with Crippen molar-refractivity contribution in [1.29, 1.82) is 0 Å². The van der Waals surface area contributed by atoms with Gasteiger partial charge in [-0.1, -0.05) is 23.7 Å². The Balaban J connectivity index is 1.51. The first kappa shape index (κ1) is 24.0. The third-order valence-corrected chi connectivity index (χ3v) is 6.69. The summed E-state index contributed by atoms with van der Waals surface area (Å²) >= 11 is 5.91. The van der Waals surface area contributed by atoms with Crippen molar-refractivity contribution in [2.45, 2.75) is 45.7 Å². The van der Waals surface area contributed by atoms with Crippen LogP contribution in [0.25, 0.3) is 0 Å². The highest BCUT2D eigenvalue weighted by Gasteiger charge is 2.44. The maximum Gasteiger partial charge on any atom is 0.310 e. The van der Waals surface area contributed by atoms with Crippen molar-refractivity contribution in [3.63, 3.8) is 0 Å². The van der Waals surface area contributed by atoms with Gasteiger partial charge in [-0.2, -0.15) is 5.10 Å².